The van der Waals surface area contributed by atoms with Crippen molar-refractivity contribution in [1.29, 1.82) is 5.26 Å². The summed E-state index contributed by atoms with van der Waals surface area (Å²) in [7, 11) is 0. The van der Waals surface area contributed by atoms with Crippen LogP contribution in [0.1, 0.15) is 40.0 Å². The van der Waals surface area contributed by atoms with Crippen molar-refractivity contribution >= 4 is 6.09 Å². The molecule has 2 aliphatic rings. The van der Waals surface area contributed by atoms with Crippen molar-refractivity contribution < 1.29 is 9.53 Å². The van der Waals surface area contributed by atoms with Gasteiger partial charge in [0.1, 0.15) is 5.60 Å². The van der Waals surface area contributed by atoms with Gasteiger partial charge in [-0.05, 0) is 51.4 Å². The van der Waals surface area contributed by atoms with Crippen LogP contribution >= 0.6 is 0 Å². The summed E-state index contributed by atoms with van der Waals surface area (Å²) in [6.07, 6.45) is 2.38. The molecule has 4 nitrogen and oxygen atoms in total. The second kappa shape index (κ2) is 4.21. The van der Waals surface area contributed by atoms with E-state index in [9.17, 15) is 4.79 Å². The number of rotatable bonds is 2. The maximum atomic E-state index is 11.6. The number of carbonyl (C=O) groups excluding carboxylic acids is 1. The Morgan fingerprint density at radius 1 is 1.41 bits per heavy atom. The number of fused-ring (bicyclic) bond motifs is 1. The van der Waals surface area contributed by atoms with Gasteiger partial charge in [0.15, 0.2) is 0 Å². The molecule has 0 radical (unpaired) electrons. The Hall–Kier alpha value is -1.24. The van der Waals surface area contributed by atoms with Crippen LogP contribution in [-0.2, 0) is 4.74 Å². The number of hydrogen-bond donors (Lipinski definition) is 1. The van der Waals surface area contributed by atoms with Crippen LogP contribution in [0.15, 0.2) is 0 Å². The summed E-state index contributed by atoms with van der Waals surface area (Å²) >= 11 is 0. The van der Waals surface area contributed by atoms with Crippen molar-refractivity contribution in [3.05, 3.63) is 0 Å². The zero-order valence-corrected chi connectivity index (χ0v) is 10.7. The molecule has 1 amide bonds. The van der Waals surface area contributed by atoms with E-state index in [0.29, 0.717) is 24.2 Å². The minimum atomic E-state index is -0.447. The molecule has 0 aliphatic heterocycles. The van der Waals surface area contributed by atoms with Gasteiger partial charge >= 0.3 is 6.09 Å². The molecule has 0 heterocycles. The molecule has 0 aromatic heterocycles. The van der Waals surface area contributed by atoms with Crippen LogP contribution in [0.3, 0.4) is 0 Å². The molecule has 94 valence electrons. The second-order valence-corrected chi connectivity index (χ2v) is 6.17. The van der Waals surface area contributed by atoms with Gasteiger partial charge in [-0.3, -0.25) is 0 Å². The molecule has 0 bridgehead atoms. The standard InChI is InChI=1S/C13H20N2O2/c1-13(2,3)17-12(16)15-11-6-8(4-5-14)9-7-10(9)11/h8-11H,4,6-7H2,1-3H3,(H,15,16). The van der Waals surface area contributed by atoms with Crippen molar-refractivity contribution in [2.45, 2.75) is 51.7 Å². The van der Waals surface area contributed by atoms with Crippen LogP contribution in [-0.4, -0.2) is 17.7 Å². The molecule has 17 heavy (non-hydrogen) atoms. The van der Waals surface area contributed by atoms with E-state index in [4.69, 9.17) is 10.00 Å². The highest BCUT2D eigenvalue weighted by Crippen LogP contribution is 2.56. The van der Waals surface area contributed by atoms with Gasteiger partial charge in [0.05, 0.1) is 6.07 Å². The van der Waals surface area contributed by atoms with Crippen molar-refractivity contribution in [3.8, 4) is 6.07 Å². The lowest BCUT2D eigenvalue weighted by Crippen LogP contribution is -2.39. The molecule has 4 unspecified atom stereocenters. The van der Waals surface area contributed by atoms with Crippen LogP contribution < -0.4 is 5.32 Å². The maximum Gasteiger partial charge on any atom is 0.407 e. The van der Waals surface area contributed by atoms with Crippen molar-refractivity contribution in [2.75, 3.05) is 0 Å². The molecule has 2 saturated carbocycles. The second-order valence-electron chi connectivity index (χ2n) is 6.17. The fraction of sp³-hybridized carbons (Fsp3) is 0.846. The van der Waals surface area contributed by atoms with Crippen molar-refractivity contribution in [1.82, 2.24) is 5.32 Å². The summed E-state index contributed by atoms with van der Waals surface area (Å²) in [6, 6.07) is 2.45. The summed E-state index contributed by atoms with van der Waals surface area (Å²) in [5, 5.41) is 11.7. The maximum absolute atomic E-state index is 11.6. The van der Waals surface area contributed by atoms with E-state index in [-0.39, 0.29) is 12.1 Å². The number of amides is 1. The summed E-state index contributed by atoms with van der Waals surface area (Å²) in [6.45, 7) is 5.58. The fourth-order valence-electron chi connectivity index (χ4n) is 2.89. The van der Waals surface area contributed by atoms with Crippen LogP contribution in [0.25, 0.3) is 0 Å². The van der Waals surface area contributed by atoms with Gasteiger partial charge in [0.25, 0.3) is 0 Å². The average Bonchev–Trinajstić information content (AvgIpc) is 2.86. The van der Waals surface area contributed by atoms with Gasteiger partial charge in [0.2, 0.25) is 0 Å². The van der Waals surface area contributed by atoms with Crippen LogP contribution in [0.4, 0.5) is 4.79 Å². The van der Waals surface area contributed by atoms with Gasteiger partial charge in [-0.1, -0.05) is 0 Å². The Labute approximate surface area is 102 Å². The molecule has 0 spiro atoms. The quantitative estimate of drug-likeness (QED) is 0.801. The van der Waals surface area contributed by atoms with Crippen molar-refractivity contribution in [3.63, 3.8) is 0 Å². The molecule has 4 heteroatoms. The summed E-state index contributed by atoms with van der Waals surface area (Å²) in [5.41, 5.74) is -0.447. The number of carbonyl (C=O) groups is 1. The minimum Gasteiger partial charge on any atom is -0.444 e. The van der Waals surface area contributed by atoms with E-state index >= 15 is 0 Å². The van der Waals surface area contributed by atoms with Gasteiger partial charge in [-0.25, -0.2) is 4.79 Å². The zero-order valence-electron chi connectivity index (χ0n) is 10.7. The number of nitrogens with one attached hydrogen (secondary N) is 1. The predicted octanol–water partition coefficient (Wildman–Crippen LogP) is 2.45. The number of hydrogen-bond acceptors (Lipinski definition) is 3. The first-order chi connectivity index (χ1) is 7.90. The Balaban J connectivity index is 1.82. The number of nitriles is 1. The topological polar surface area (TPSA) is 62.1 Å². The molecule has 4 atom stereocenters. The normalized spacial score (nSPS) is 34.7. The summed E-state index contributed by atoms with van der Waals surface area (Å²) in [5.74, 6) is 1.72. The molecule has 0 aromatic carbocycles. The first-order valence-corrected chi connectivity index (χ1v) is 6.27. The number of nitrogens with zero attached hydrogens (tertiary/aromatic N) is 1. The lowest BCUT2D eigenvalue weighted by molar-refractivity contribution is 0.0498. The van der Waals surface area contributed by atoms with Crippen molar-refractivity contribution in [2.24, 2.45) is 17.8 Å². The molecule has 2 fully saturated rings. The third-order valence-corrected chi connectivity index (χ3v) is 3.63. The van der Waals surface area contributed by atoms with E-state index in [0.717, 1.165) is 12.8 Å². The summed E-state index contributed by atoms with van der Waals surface area (Å²) < 4.78 is 5.25. The Morgan fingerprint density at radius 2 is 2.12 bits per heavy atom. The van der Waals surface area contributed by atoms with E-state index in [1.807, 2.05) is 20.8 Å². The lowest BCUT2D eigenvalue weighted by Gasteiger charge is -2.22. The molecular weight excluding hydrogens is 216 g/mol. The fourth-order valence-corrected chi connectivity index (χ4v) is 2.89. The molecule has 1 N–H and O–H groups in total. The third kappa shape index (κ3) is 2.91. The number of alkyl carbamates (subject to hydrolysis) is 1. The predicted molar refractivity (Wildman–Crippen MR) is 63.1 cm³/mol. The third-order valence-electron chi connectivity index (χ3n) is 3.63. The average molecular weight is 236 g/mol. The highest BCUT2D eigenvalue weighted by atomic mass is 16.6. The van der Waals surface area contributed by atoms with Gasteiger partial charge in [-0.15, -0.1) is 0 Å². The Morgan fingerprint density at radius 3 is 2.71 bits per heavy atom. The van der Waals surface area contributed by atoms with E-state index < -0.39 is 5.60 Å². The van der Waals surface area contributed by atoms with Gasteiger partial charge < -0.3 is 10.1 Å². The highest BCUT2D eigenvalue weighted by Gasteiger charge is 2.54. The Kier molecular flexibility index (Phi) is 3.03. The van der Waals surface area contributed by atoms with Crippen LogP contribution in [0, 0.1) is 29.1 Å². The number of ether oxygens (including phenoxy) is 1. The van der Waals surface area contributed by atoms with E-state index in [1.54, 1.807) is 0 Å². The van der Waals surface area contributed by atoms with E-state index in [1.165, 1.54) is 0 Å². The molecule has 2 aliphatic carbocycles. The van der Waals surface area contributed by atoms with Crippen LogP contribution in [0.2, 0.25) is 0 Å². The monoisotopic (exact) mass is 236 g/mol. The van der Waals surface area contributed by atoms with Crippen LogP contribution in [0.5, 0.6) is 0 Å². The first-order valence-electron chi connectivity index (χ1n) is 6.27. The largest absolute Gasteiger partial charge is 0.444 e. The van der Waals surface area contributed by atoms with Gasteiger partial charge in [-0.2, -0.15) is 5.26 Å². The zero-order chi connectivity index (χ0) is 12.6. The molecular formula is C13H20N2O2. The van der Waals surface area contributed by atoms with E-state index in [2.05, 4.69) is 11.4 Å². The lowest BCUT2D eigenvalue weighted by atomic mass is 9.99. The van der Waals surface area contributed by atoms with Gasteiger partial charge in [0, 0.05) is 12.5 Å². The minimum absolute atomic E-state index is 0.216. The summed E-state index contributed by atoms with van der Waals surface area (Å²) in [4.78, 5) is 11.6. The Bertz CT molecular complexity index is 353. The molecule has 0 aromatic rings. The first kappa shape index (κ1) is 12.2. The highest BCUT2D eigenvalue weighted by molar-refractivity contribution is 5.68. The smallest absolute Gasteiger partial charge is 0.407 e. The molecule has 2 rings (SSSR count). The SMILES string of the molecule is CC(C)(C)OC(=O)NC1CC(CC#N)C2CC12. The molecule has 0 saturated heterocycles.